The Morgan fingerprint density at radius 2 is 1.90 bits per heavy atom. The quantitative estimate of drug-likeness (QED) is 0.686. The minimum atomic E-state index is -0.738. The number of hydrogen-bond acceptors (Lipinski definition) is 4. The molecule has 0 aliphatic rings. The predicted molar refractivity (Wildman–Crippen MR) is 114 cm³/mol. The summed E-state index contributed by atoms with van der Waals surface area (Å²) < 4.78 is 6.56. The predicted octanol–water partition coefficient (Wildman–Crippen LogP) is 4.13. The van der Waals surface area contributed by atoms with E-state index in [9.17, 15) is 9.59 Å². The Labute approximate surface area is 170 Å². The molecule has 3 rings (SSSR count). The van der Waals surface area contributed by atoms with Crippen LogP contribution in [0.15, 0.2) is 59.4 Å². The van der Waals surface area contributed by atoms with Crippen LogP contribution in [0.1, 0.15) is 30.5 Å². The fraction of sp³-hybridized carbons (Fsp3) is 0.261. The van der Waals surface area contributed by atoms with Crippen LogP contribution >= 0.6 is 0 Å². The fourth-order valence-electron chi connectivity index (χ4n) is 3.24. The number of anilines is 1. The first-order valence-corrected chi connectivity index (χ1v) is 9.56. The number of carbonyl (C=O) groups is 1. The van der Waals surface area contributed by atoms with Gasteiger partial charge in [-0.1, -0.05) is 36.8 Å². The van der Waals surface area contributed by atoms with E-state index in [1.165, 1.54) is 10.7 Å². The highest BCUT2D eigenvalue weighted by molar-refractivity contribution is 5.95. The molecular formula is C23H25N3O3. The summed E-state index contributed by atoms with van der Waals surface area (Å²) in [5, 5.41) is 7.39. The summed E-state index contributed by atoms with van der Waals surface area (Å²) >= 11 is 0. The van der Waals surface area contributed by atoms with Crippen molar-refractivity contribution < 1.29 is 9.53 Å². The van der Waals surface area contributed by atoms with E-state index < -0.39 is 6.04 Å². The maximum atomic E-state index is 13.0. The molecule has 6 heteroatoms. The Balaban J connectivity index is 1.98. The van der Waals surface area contributed by atoms with Crippen molar-refractivity contribution in [1.29, 1.82) is 0 Å². The smallest absolute Gasteiger partial charge is 0.267 e. The fourth-order valence-corrected chi connectivity index (χ4v) is 3.24. The van der Waals surface area contributed by atoms with Gasteiger partial charge in [0.05, 0.1) is 18.5 Å². The van der Waals surface area contributed by atoms with Crippen molar-refractivity contribution in [2.75, 3.05) is 12.4 Å². The van der Waals surface area contributed by atoms with Crippen LogP contribution in [0.4, 0.5) is 5.69 Å². The number of para-hydroxylation sites is 2. The zero-order valence-electron chi connectivity index (χ0n) is 17.1. The minimum Gasteiger partial charge on any atom is -0.495 e. The summed E-state index contributed by atoms with van der Waals surface area (Å²) in [6.07, 6.45) is 0.421. The highest BCUT2D eigenvalue weighted by atomic mass is 16.5. The van der Waals surface area contributed by atoms with E-state index in [0.717, 1.165) is 16.7 Å². The van der Waals surface area contributed by atoms with Crippen LogP contribution in [-0.2, 0) is 4.79 Å². The molecule has 0 fully saturated rings. The number of nitrogens with zero attached hydrogens (tertiary/aromatic N) is 2. The Kier molecular flexibility index (Phi) is 6.12. The van der Waals surface area contributed by atoms with E-state index in [0.29, 0.717) is 23.6 Å². The van der Waals surface area contributed by atoms with Gasteiger partial charge >= 0.3 is 0 Å². The van der Waals surface area contributed by atoms with Gasteiger partial charge in [0.1, 0.15) is 11.8 Å². The molecule has 1 unspecified atom stereocenters. The first-order valence-electron chi connectivity index (χ1n) is 9.56. The second kappa shape index (κ2) is 8.73. The first kappa shape index (κ1) is 20.3. The van der Waals surface area contributed by atoms with Crippen LogP contribution in [0.3, 0.4) is 0 Å². The third-order valence-corrected chi connectivity index (χ3v) is 4.84. The molecule has 0 saturated heterocycles. The molecule has 2 aromatic carbocycles. The molecule has 29 heavy (non-hydrogen) atoms. The Morgan fingerprint density at radius 1 is 1.14 bits per heavy atom. The molecule has 0 radical (unpaired) electrons. The maximum absolute atomic E-state index is 13.0. The molecule has 1 atom stereocenters. The number of carbonyl (C=O) groups excluding carboxylic acids is 1. The lowest BCUT2D eigenvalue weighted by atomic mass is 10.0. The third kappa shape index (κ3) is 4.37. The molecule has 1 aromatic heterocycles. The summed E-state index contributed by atoms with van der Waals surface area (Å²) in [7, 11) is 1.54. The van der Waals surface area contributed by atoms with Crippen LogP contribution in [0.25, 0.3) is 11.3 Å². The van der Waals surface area contributed by atoms with Gasteiger partial charge in [-0.05, 0) is 50.1 Å². The van der Waals surface area contributed by atoms with Gasteiger partial charge in [-0.15, -0.1) is 0 Å². The summed E-state index contributed by atoms with van der Waals surface area (Å²) in [5.41, 5.74) is 4.00. The van der Waals surface area contributed by atoms with Crippen molar-refractivity contribution in [2.24, 2.45) is 0 Å². The first-order chi connectivity index (χ1) is 13.9. The number of ether oxygens (including phenoxy) is 1. The highest BCUT2D eigenvalue weighted by Gasteiger charge is 2.22. The number of nitrogens with one attached hydrogen (secondary N) is 1. The number of methoxy groups -OCH3 is 1. The van der Waals surface area contributed by atoms with Gasteiger partial charge in [0.25, 0.3) is 5.56 Å². The van der Waals surface area contributed by atoms with Crippen molar-refractivity contribution in [3.05, 3.63) is 76.1 Å². The second-order valence-electron chi connectivity index (χ2n) is 6.93. The Morgan fingerprint density at radius 3 is 2.62 bits per heavy atom. The normalized spacial score (nSPS) is 11.7. The lowest BCUT2D eigenvalue weighted by molar-refractivity contribution is -0.119. The monoisotopic (exact) mass is 391 g/mol. The second-order valence-corrected chi connectivity index (χ2v) is 6.93. The van der Waals surface area contributed by atoms with Gasteiger partial charge in [-0.3, -0.25) is 9.59 Å². The van der Waals surface area contributed by atoms with Crippen LogP contribution in [0.5, 0.6) is 5.75 Å². The SMILES string of the molecule is CCC(C(=O)Nc1ccccc1OC)n1nc(-c2cc(C)ccc2C)ccc1=O. The van der Waals surface area contributed by atoms with E-state index in [1.54, 1.807) is 25.3 Å². The number of rotatable bonds is 6. The zero-order chi connectivity index (χ0) is 21.0. The van der Waals surface area contributed by atoms with Gasteiger partial charge in [-0.2, -0.15) is 5.10 Å². The molecule has 1 N–H and O–H groups in total. The Hall–Kier alpha value is -3.41. The Bertz CT molecular complexity index is 1090. The topological polar surface area (TPSA) is 73.2 Å². The van der Waals surface area contributed by atoms with E-state index in [1.807, 2.05) is 51.1 Å². The van der Waals surface area contributed by atoms with E-state index in [4.69, 9.17) is 4.74 Å². The number of aryl methyl sites for hydroxylation is 2. The van der Waals surface area contributed by atoms with Gasteiger partial charge < -0.3 is 10.1 Å². The lowest BCUT2D eigenvalue weighted by Crippen LogP contribution is -2.34. The molecule has 1 amide bonds. The van der Waals surface area contributed by atoms with E-state index in [-0.39, 0.29) is 11.5 Å². The molecule has 3 aromatic rings. The molecule has 0 aliphatic heterocycles. The van der Waals surface area contributed by atoms with Gasteiger partial charge in [0, 0.05) is 11.6 Å². The zero-order valence-corrected chi connectivity index (χ0v) is 17.1. The summed E-state index contributed by atoms with van der Waals surface area (Å²) in [4.78, 5) is 25.5. The molecule has 0 spiro atoms. The minimum absolute atomic E-state index is 0.315. The number of amides is 1. The van der Waals surface area contributed by atoms with Crippen molar-refractivity contribution in [2.45, 2.75) is 33.2 Å². The number of aromatic nitrogens is 2. The summed E-state index contributed by atoms with van der Waals surface area (Å²) in [5.74, 6) is 0.241. The number of benzene rings is 2. The van der Waals surface area contributed by atoms with Crippen molar-refractivity contribution in [3.63, 3.8) is 0 Å². The molecule has 0 bridgehead atoms. The van der Waals surface area contributed by atoms with Crippen molar-refractivity contribution in [1.82, 2.24) is 9.78 Å². The molecule has 6 nitrogen and oxygen atoms in total. The molecule has 1 heterocycles. The largest absolute Gasteiger partial charge is 0.495 e. The molecule has 0 aliphatic carbocycles. The van der Waals surface area contributed by atoms with Crippen molar-refractivity contribution >= 4 is 11.6 Å². The van der Waals surface area contributed by atoms with Crippen LogP contribution in [-0.4, -0.2) is 22.8 Å². The number of hydrogen-bond donors (Lipinski definition) is 1. The average molecular weight is 391 g/mol. The van der Waals surface area contributed by atoms with E-state index in [2.05, 4.69) is 10.4 Å². The van der Waals surface area contributed by atoms with E-state index >= 15 is 0 Å². The summed E-state index contributed by atoms with van der Waals surface area (Å²) in [6.45, 7) is 5.86. The van der Waals surface area contributed by atoms with Crippen LogP contribution in [0, 0.1) is 13.8 Å². The van der Waals surface area contributed by atoms with Crippen LogP contribution < -0.4 is 15.6 Å². The maximum Gasteiger partial charge on any atom is 0.267 e. The average Bonchev–Trinajstić information content (AvgIpc) is 2.72. The third-order valence-electron chi connectivity index (χ3n) is 4.84. The molecule has 150 valence electrons. The van der Waals surface area contributed by atoms with Crippen LogP contribution in [0.2, 0.25) is 0 Å². The lowest BCUT2D eigenvalue weighted by Gasteiger charge is -2.19. The van der Waals surface area contributed by atoms with Crippen molar-refractivity contribution in [3.8, 4) is 17.0 Å². The molecule has 0 saturated carbocycles. The van der Waals surface area contributed by atoms with Gasteiger partial charge in [0.2, 0.25) is 5.91 Å². The van der Waals surface area contributed by atoms with Gasteiger partial charge in [-0.25, -0.2) is 4.68 Å². The summed E-state index contributed by atoms with van der Waals surface area (Å²) in [6, 6.07) is 15.7. The standard InChI is InChI=1S/C23H25N3O3/c1-5-20(23(28)24-19-8-6-7-9-21(19)29-4)26-22(27)13-12-18(25-26)17-14-15(2)10-11-16(17)3/h6-14,20H,5H2,1-4H3,(H,24,28). The highest BCUT2D eigenvalue weighted by Crippen LogP contribution is 2.25. The molecular weight excluding hydrogens is 366 g/mol. The van der Waals surface area contributed by atoms with Gasteiger partial charge in [0.15, 0.2) is 0 Å².